The van der Waals surface area contributed by atoms with E-state index in [4.69, 9.17) is 17.3 Å². The van der Waals surface area contributed by atoms with Gasteiger partial charge in [0.2, 0.25) is 0 Å². The molecule has 1 heterocycles. The first-order valence-corrected chi connectivity index (χ1v) is 6.92. The zero-order valence-electron chi connectivity index (χ0n) is 11.5. The van der Waals surface area contributed by atoms with Gasteiger partial charge in [-0.2, -0.15) is 0 Å². The third-order valence-electron chi connectivity index (χ3n) is 3.51. The van der Waals surface area contributed by atoms with Crippen molar-refractivity contribution in [2.24, 2.45) is 7.05 Å². The minimum atomic E-state index is -0.0671. The zero-order chi connectivity index (χ0) is 15.0. The van der Waals surface area contributed by atoms with Gasteiger partial charge in [0.05, 0.1) is 17.5 Å². The minimum absolute atomic E-state index is 0.0671. The summed E-state index contributed by atoms with van der Waals surface area (Å²) in [5.41, 5.74) is 8.61. The second kappa shape index (κ2) is 5.22. The van der Waals surface area contributed by atoms with E-state index in [1.165, 1.54) is 0 Å². The Bertz CT molecular complexity index is 839. The number of nitrogens with two attached hydrogens (primary N) is 1. The van der Waals surface area contributed by atoms with Gasteiger partial charge in [0, 0.05) is 23.3 Å². The molecule has 0 bridgehead atoms. The summed E-state index contributed by atoms with van der Waals surface area (Å²) >= 11 is 5.85. The highest BCUT2D eigenvalue weighted by Crippen LogP contribution is 2.21. The summed E-state index contributed by atoms with van der Waals surface area (Å²) in [5, 5.41) is 0.520. The van der Waals surface area contributed by atoms with Crippen LogP contribution in [0.1, 0.15) is 16.2 Å². The first-order chi connectivity index (χ1) is 10.1. The molecule has 0 radical (unpaired) electrons. The zero-order valence-corrected chi connectivity index (χ0v) is 12.3. The normalized spacial score (nSPS) is 11.0. The molecule has 4 nitrogen and oxygen atoms in total. The summed E-state index contributed by atoms with van der Waals surface area (Å²) in [7, 11) is 1.91. The maximum absolute atomic E-state index is 12.4. The van der Waals surface area contributed by atoms with Crippen LogP contribution in [0.25, 0.3) is 11.0 Å². The van der Waals surface area contributed by atoms with Crippen LogP contribution in [0.3, 0.4) is 0 Å². The first-order valence-electron chi connectivity index (χ1n) is 6.55. The number of benzene rings is 2. The molecule has 0 aliphatic rings. The summed E-state index contributed by atoms with van der Waals surface area (Å²) in [5.74, 6) is 0.651. The Balaban J connectivity index is 1.94. The summed E-state index contributed by atoms with van der Waals surface area (Å²) in [6.45, 7) is 0. The molecule has 3 rings (SSSR count). The Hall–Kier alpha value is -2.33. The lowest BCUT2D eigenvalue weighted by atomic mass is 10.1. The average molecular weight is 300 g/mol. The minimum Gasteiger partial charge on any atom is -0.398 e. The number of rotatable bonds is 3. The number of nitrogens with zero attached hydrogens (tertiary/aromatic N) is 2. The van der Waals surface area contributed by atoms with E-state index in [9.17, 15) is 4.79 Å². The molecule has 21 heavy (non-hydrogen) atoms. The lowest BCUT2D eigenvalue weighted by molar-refractivity contribution is 0.0991. The van der Waals surface area contributed by atoms with E-state index in [-0.39, 0.29) is 12.2 Å². The number of hydrogen-bond donors (Lipinski definition) is 1. The molecule has 2 N–H and O–H groups in total. The second-order valence-electron chi connectivity index (χ2n) is 4.91. The van der Waals surface area contributed by atoms with Crippen molar-refractivity contribution in [1.82, 2.24) is 9.55 Å². The van der Waals surface area contributed by atoms with Gasteiger partial charge >= 0.3 is 0 Å². The number of para-hydroxylation sites is 2. The van der Waals surface area contributed by atoms with Gasteiger partial charge in [0.25, 0.3) is 0 Å². The molecule has 0 spiro atoms. The highest BCUT2D eigenvalue weighted by Gasteiger charge is 2.15. The molecule has 0 saturated carbocycles. The average Bonchev–Trinajstić information content (AvgIpc) is 2.76. The van der Waals surface area contributed by atoms with Crippen LogP contribution in [0.4, 0.5) is 5.69 Å². The van der Waals surface area contributed by atoms with Crippen molar-refractivity contribution in [1.29, 1.82) is 0 Å². The molecule has 0 unspecified atom stereocenters. The van der Waals surface area contributed by atoms with Gasteiger partial charge in [-0.25, -0.2) is 4.98 Å². The highest BCUT2D eigenvalue weighted by molar-refractivity contribution is 6.31. The molecule has 0 fully saturated rings. The summed E-state index contributed by atoms with van der Waals surface area (Å²) in [4.78, 5) is 16.9. The first kappa shape index (κ1) is 13.6. The second-order valence-corrected chi connectivity index (χ2v) is 5.34. The lowest BCUT2D eigenvalue weighted by Gasteiger charge is -2.05. The third kappa shape index (κ3) is 2.50. The molecule has 106 valence electrons. The predicted molar refractivity (Wildman–Crippen MR) is 84.6 cm³/mol. The SMILES string of the molecule is Cn1c(CC(=O)c2ccc(Cl)cc2N)nc2ccccc21. The number of carbonyl (C=O) groups excluding carboxylic acids is 1. The summed E-state index contributed by atoms with van der Waals surface area (Å²) in [6.07, 6.45) is 0.205. The number of fused-ring (bicyclic) bond motifs is 1. The van der Waals surface area contributed by atoms with Crippen LogP contribution in [0.15, 0.2) is 42.5 Å². The topological polar surface area (TPSA) is 60.9 Å². The number of Topliss-reactive ketones (excluding diaryl/α,β-unsaturated/α-hetero) is 1. The lowest BCUT2D eigenvalue weighted by Crippen LogP contribution is -2.10. The number of ketones is 1. The van der Waals surface area contributed by atoms with Crippen LogP contribution in [0, 0.1) is 0 Å². The quantitative estimate of drug-likeness (QED) is 0.596. The fraction of sp³-hybridized carbons (Fsp3) is 0.125. The number of aryl methyl sites for hydroxylation is 1. The molecule has 2 aromatic carbocycles. The number of anilines is 1. The molecule has 0 aliphatic carbocycles. The van der Waals surface area contributed by atoms with Crippen molar-refractivity contribution in [3.05, 3.63) is 58.9 Å². The van der Waals surface area contributed by atoms with Gasteiger partial charge in [0.15, 0.2) is 5.78 Å². The molecule has 0 aliphatic heterocycles. The Morgan fingerprint density at radius 3 is 2.76 bits per heavy atom. The monoisotopic (exact) mass is 299 g/mol. The molecule has 0 saturated heterocycles. The van der Waals surface area contributed by atoms with Gasteiger partial charge in [-0.3, -0.25) is 4.79 Å². The number of hydrogen-bond acceptors (Lipinski definition) is 3. The maximum atomic E-state index is 12.4. The molecular weight excluding hydrogens is 286 g/mol. The highest BCUT2D eigenvalue weighted by atomic mass is 35.5. The number of aromatic nitrogens is 2. The maximum Gasteiger partial charge on any atom is 0.172 e. The van der Waals surface area contributed by atoms with Crippen molar-refractivity contribution in [2.75, 3.05) is 5.73 Å². The molecule has 0 atom stereocenters. The van der Waals surface area contributed by atoms with Gasteiger partial charge in [0.1, 0.15) is 5.82 Å². The third-order valence-corrected chi connectivity index (χ3v) is 3.75. The van der Waals surface area contributed by atoms with Crippen LogP contribution in [0.2, 0.25) is 5.02 Å². The predicted octanol–water partition coefficient (Wildman–Crippen LogP) is 3.23. The van der Waals surface area contributed by atoms with E-state index >= 15 is 0 Å². The van der Waals surface area contributed by atoms with Crippen molar-refractivity contribution in [3.63, 3.8) is 0 Å². The number of nitrogen functional groups attached to an aromatic ring is 1. The summed E-state index contributed by atoms with van der Waals surface area (Å²) in [6, 6.07) is 12.7. The van der Waals surface area contributed by atoms with Crippen molar-refractivity contribution in [2.45, 2.75) is 6.42 Å². The van der Waals surface area contributed by atoms with Gasteiger partial charge < -0.3 is 10.3 Å². The Labute approximate surface area is 127 Å². The number of halogens is 1. The molecule has 3 aromatic rings. The Morgan fingerprint density at radius 2 is 2.05 bits per heavy atom. The van der Waals surface area contributed by atoms with E-state index in [1.54, 1.807) is 18.2 Å². The number of carbonyl (C=O) groups is 1. The van der Waals surface area contributed by atoms with E-state index in [1.807, 2.05) is 35.9 Å². The van der Waals surface area contributed by atoms with Crippen molar-refractivity contribution >= 4 is 34.1 Å². The Morgan fingerprint density at radius 1 is 1.29 bits per heavy atom. The summed E-state index contributed by atoms with van der Waals surface area (Å²) < 4.78 is 1.93. The molecule has 0 amide bonds. The van der Waals surface area contributed by atoms with Crippen LogP contribution >= 0.6 is 11.6 Å². The largest absolute Gasteiger partial charge is 0.398 e. The fourth-order valence-corrected chi connectivity index (χ4v) is 2.56. The van der Waals surface area contributed by atoms with Gasteiger partial charge in [-0.1, -0.05) is 23.7 Å². The smallest absolute Gasteiger partial charge is 0.172 e. The van der Waals surface area contributed by atoms with Crippen LogP contribution in [-0.4, -0.2) is 15.3 Å². The van der Waals surface area contributed by atoms with Crippen LogP contribution in [0.5, 0.6) is 0 Å². The van der Waals surface area contributed by atoms with E-state index in [2.05, 4.69) is 4.98 Å². The van der Waals surface area contributed by atoms with E-state index in [0.717, 1.165) is 16.9 Å². The molecular formula is C16H14ClN3O. The van der Waals surface area contributed by atoms with Crippen LogP contribution < -0.4 is 5.73 Å². The fourth-order valence-electron chi connectivity index (χ4n) is 2.38. The van der Waals surface area contributed by atoms with Crippen molar-refractivity contribution < 1.29 is 4.79 Å². The van der Waals surface area contributed by atoms with Crippen molar-refractivity contribution in [3.8, 4) is 0 Å². The number of imidazole rings is 1. The van der Waals surface area contributed by atoms with Crippen LogP contribution in [-0.2, 0) is 13.5 Å². The van der Waals surface area contributed by atoms with Gasteiger partial charge in [-0.05, 0) is 30.3 Å². The van der Waals surface area contributed by atoms with Gasteiger partial charge in [-0.15, -0.1) is 0 Å². The molecule has 5 heteroatoms. The van der Waals surface area contributed by atoms with E-state index < -0.39 is 0 Å². The van der Waals surface area contributed by atoms with E-state index in [0.29, 0.717) is 16.3 Å². The molecule has 1 aromatic heterocycles. The standard InChI is InChI=1S/C16H14ClN3O/c1-20-14-5-3-2-4-13(14)19-16(20)9-15(21)11-7-6-10(17)8-12(11)18/h2-8H,9,18H2,1H3. The Kier molecular flexibility index (Phi) is 3.39.